The largest absolute Gasteiger partial charge is 0.371 e. The third-order valence-electron chi connectivity index (χ3n) is 2.76. The zero-order chi connectivity index (χ0) is 13.4. The first-order valence-electron chi connectivity index (χ1n) is 6.97. The minimum absolute atomic E-state index is 0.441. The molecular formula is C16H26N2. The molecule has 100 valence electrons. The molecule has 0 spiro atoms. The molecule has 0 amide bonds. The van der Waals surface area contributed by atoms with Crippen molar-refractivity contribution in [3.8, 4) is 0 Å². The second-order valence-electron chi connectivity index (χ2n) is 5.14. The Morgan fingerprint density at radius 3 is 2.44 bits per heavy atom. The number of unbranched alkanes of at least 4 members (excludes halogenated alkanes) is 1. The minimum atomic E-state index is 0.441. The van der Waals surface area contributed by atoms with Gasteiger partial charge in [0.2, 0.25) is 0 Å². The first-order chi connectivity index (χ1) is 8.61. The van der Waals surface area contributed by atoms with Gasteiger partial charge in [-0.2, -0.15) is 0 Å². The predicted molar refractivity (Wildman–Crippen MR) is 80.4 cm³/mol. The van der Waals surface area contributed by atoms with Crippen molar-refractivity contribution in [2.75, 3.05) is 6.54 Å². The summed E-state index contributed by atoms with van der Waals surface area (Å²) in [6.07, 6.45) is 3.27. The summed E-state index contributed by atoms with van der Waals surface area (Å²) < 4.78 is 0. The van der Waals surface area contributed by atoms with Crippen LogP contribution < -0.4 is 5.32 Å². The molecule has 0 unspecified atom stereocenters. The lowest BCUT2D eigenvalue weighted by atomic mass is 10.1. The van der Waals surface area contributed by atoms with Gasteiger partial charge in [0.25, 0.3) is 0 Å². The molecule has 0 saturated heterocycles. The lowest BCUT2D eigenvalue weighted by Crippen LogP contribution is -2.32. The number of aryl methyl sites for hydroxylation is 1. The second kappa shape index (κ2) is 7.91. The van der Waals surface area contributed by atoms with Crippen molar-refractivity contribution in [3.63, 3.8) is 0 Å². The van der Waals surface area contributed by atoms with Crippen LogP contribution in [0, 0.1) is 6.92 Å². The van der Waals surface area contributed by atoms with Gasteiger partial charge in [0.1, 0.15) is 5.84 Å². The van der Waals surface area contributed by atoms with Gasteiger partial charge in [-0.25, -0.2) is 0 Å². The Labute approximate surface area is 112 Å². The Bertz CT molecular complexity index is 363. The van der Waals surface area contributed by atoms with Gasteiger partial charge in [-0.05, 0) is 32.8 Å². The van der Waals surface area contributed by atoms with E-state index in [2.05, 4.69) is 62.3 Å². The van der Waals surface area contributed by atoms with E-state index in [0.29, 0.717) is 6.04 Å². The molecule has 0 atom stereocenters. The zero-order valence-electron chi connectivity index (χ0n) is 12.2. The van der Waals surface area contributed by atoms with Crippen LogP contribution in [0.1, 0.15) is 44.7 Å². The van der Waals surface area contributed by atoms with Gasteiger partial charge in [0, 0.05) is 19.0 Å². The number of rotatable bonds is 6. The molecule has 0 heterocycles. The molecule has 0 aromatic heterocycles. The normalized spacial score (nSPS) is 11.9. The summed E-state index contributed by atoms with van der Waals surface area (Å²) >= 11 is 0. The highest BCUT2D eigenvalue weighted by molar-refractivity contribution is 5.84. The van der Waals surface area contributed by atoms with E-state index in [0.717, 1.165) is 25.2 Å². The maximum Gasteiger partial charge on any atom is 0.101 e. The SMILES string of the molecule is CCCCN=C(Cc1ccc(C)cc1)NC(C)C. The molecule has 1 aromatic carbocycles. The van der Waals surface area contributed by atoms with Crippen LogP contribution in [0.15, 0.2) is 29.3 Å². The van der Waals surface area contributed by atoms with Crippen LogP contribution in [0.3, 0.4) is 0 Å². The van der Waals surface area contributed by atoms with Gasteiger partial charge >= 0.3 is 0 Å². The third kappa shape index (κ3) is 5.85. The maximum atomic E-state index is 4.68. The maximum absolute atomic E-state index is 4.68. The van der Waals surface area contributed by atoms with Gasteiger partial charge in [-0.1, -0.05) is 43.2 Å². The second-order valence-corrected chi connectivity index (χ2v) is 5.14. The number of nitrogens with zero attached hydrogens (tertiary/aromatic N) is 1. The van der Waals surface area contributed by atoms with Crippen molar-refractivity contribution in [2.45, 2.75) is 53.0 Å². The van der Waals surface area contributed by atoms with Crippen LogP contribution in [-0.4, -0.2) is 18.4 Å². The first kappa shape index (κ1) is 14.7. The van der Waals surface area contributed by atoms with Gasteiger partial charge in [-0.3, -0.25) is 4.99 Å². The standard InChI is InChI=1S/C16H26N2/c1-5-6-11-17-16(18-13(2)3)12-15-9-7-14(4)8-10-15/h7-10,13H,5-6,11-12H2,1-4H3,(H,17,18). The fourth-order valence-electron chi connectivity index (χ4n) is 1.76. The van der Waals surface area contributed by atoms with Crippen molar-refractivity contribution in [1.29, 1.82) is 0 Å². The van der Waals surface area contributed by atoms with E-state index < -0.39 is 0 Å². The van der Waals surface area contributed by atoms with Crippen molar-refractivity contribution in [1.82, 2.24) is 5.32 Å². The average molecular weight is 246 g/mol. The monoisotopic (exact) mass is 246 g/mol. The summed E-state index contributed by atoms with van der Waals surface area (Å²) in [6, 6.07) is 9.14. The number of hydrogen-bond acceptors (Lipinski definition) is 1. The van der Waals surface area contributed by atoms with Crippen LogP contribution in [0.2, 0.25) is 0 Å². The van der Waals surface area contributed by atoms with Crippen molar-refractivity contribution in [3.05, 3.63) is 35.4 Å². The smallest absolute Gasteiger partial charge is 0.101 e. The fourth-order valence-corrected chi connectivity index (χ4v) is 1.76. The topological polar surface area (TPSA) is 24.4 Å². The molecule has 1 N–H and O–H groups in total. The number of hydrogen-bond donors (Lipinski definition) is 1. The van der Waals surface area contributed by atoms with Crippen LogP contribution in [0.25, 0.3) is 0 Å². The van der Waals surface area contributed by atoms with Crippen molar-refractivity contribution < 1.29 is 0 Å². The molecule has 0 fully saturated rings. The summed E-state index contributed by atoms with van der Waals surface area (Å²) in [7, 11) is 0. The van der Waals surface area contributed by atoms with E-state index >= 15 is 0 Å². The Morgan fingerprint density at radius 1 is 1.22 bits per heavy atom. The quantitative estimate of drug-likeness (QED) is 0.461. The highest BCUT2D eigenvalue weighted by Crippen LogP contribution is 2.05. The molecule has 0 aliphatic rings. The van der Waals surface area contributed by atoms with E-state index in [4.69, 9.17) is 0 Å². The molecule has 2 nitrogen and oxygen atoms in total. The molecule has 1 aromatic rings. The van der Waals surface area contributed by atoms with Gasteiger partial charge in [0.05, 0.1) is 0 Å². The summed E-state index contributed by atoms with van der Waals surface area (Å²) in [6.45, 7) is 9.56. The molecule has 0 bridgehead atoms. The average Bonchev–Trinajstić information content (AvgIpc) is 2.31. The Hall–Kier alpha value is -1.31. The summed E-state index contributed by atoms with van der Waals surface area (Å²) in [4.78, 5) is 4.68. The zero-order valence-corrected chi connectivity index (χ0v) is 12.2. The van der Waals surface area contributed by atoms with Crippen molar-refractivity contribution >= 4 is 5.84 Å². The predicted octanol–water partition coefficient (Wildman–Crippen LogP) is 3.73. The number of benzene rings is 1. The number of amidine groups is 1. The van der Waals surface area contributed by atoms with Crippen molar-refractivity contribution in [2.24, 2.45) is 4.99 Å². The molecule has 0 saturated carbocycles. The third-order valence-corrected chi connectivity index (χ3v) is 2.76. The van der Waals surface area contributed by atoms with Crippen LogP contribution in [0.4, 0.5) is 0 Å². The van der Waals surface area contributed by atoms with E-state index in [1.165, 1.54) is 17.5 Å². The molecule has 2 heteroatoms. The number of nitrogens with one attached hydrogen (secondary N) is 1. The fraction of sp³-hybridized carbons (Fsp3) is 0.562. The molecule has 1 rings (SSSR count). The summed E-state index contributed by atoms with van der Waals surface area (Å²) in [5, 5.41) is 3.45. The Kier molecular flexibility index (Phi) is 6.48. The van der Waals surface area contributed by atoms with Gasteiger partial charge in [0.15, 0.2) is 0 Å². The molecule has 0 radical (unpaired) electrons. The number of aliphatic imine (C=N–C) groups is 1. The van der Waals surface area contributed by atoms with Gasteiger partial charge < -0.3 is 5.32 Å². The molecule has 0 aliphatic heterocycles. The molecule has 0 aliphatic carbocycles. The molecule has 18 heavy (non-hydrogen) atoms. The highest BCUT2D eigenvalue weighted by Gasteiger charge is 2.03. The highest BCUT2D eigenvalue weighted by atomic mass is 15.0. The lowest BCUT2D eigenvalue weighted by Gasteiger charge is -2.13. The van der Waals surface area contributed by atoms with E-state index in [1.807, 2.05) is 0 Å². The Balaban J connectivity index is 2.65. The van der Waals surface area contributed by atoms with Gasteiger partial charge in [-0.15, -0.1) is 0 Å². The minimum Gasteiger partial charge on any atom is -0.371 e. The lowest BCUT2D eigenvalue weighted by molar-refractivity contribution is 0.714. The Morgan fingerprint density at radius 2 is 1.89 bits per heavy atom. The molecular weight excluding hydrogens is 220 g/mol. The van der Waals surface area contributed by atoms with E-state index in [-0.39, 0.29) is 0 Å². The van der Waals surface area contributed by atoms with Crippen LogP contribution in [-0.2, 0) is 6.42 Å². The van der Waals surface area contributed by atoms with Crippen LogP contribution >= 0.6 is 0 Å². The van der Waals surface area contributed by atoms with Crippen LogP contribution in [0.5, 0.6) is 0 Å². The van der Waals surface area contributed by atoms with E-state index in [1.54, 1.807) is 0 Å². The first-order valence-corrected chi connectivity index (χ1v) is 6.97. The van der Waals surface area contributed by atoms with E-state index in [9.17, 15) is 0 Å². The summed E-state index contributed by atoms with van der Waals surface area (Å²) in [5.74, 6) is 1.11. The summed E-state index contributed by atoms with van der Waals surface area (Å²) in [5.41, 5.74) is 2.63.